The topological polar surface area (TPSA) is 37.4 Å². The zero-order valence-corrected chi connectivity index (χ0v) is 14.8. The van der Waals surface area contributed by atoms with E-state index >= 15 is 0 Å². The van der Waals surface area contributed by atoms with Crippen LogP contribution in [-0.4, -0.2) is 19.3 Å². The lowest BCUT2D eigenvalue weighted by Gasteiger charge is -2.26. The van der Waals surface area contributed by atoms with Gasteiger partial charge in [0.2, 0.25) is 10.0 Å². The van der Waals surface area contributed by atoms with E-state index < -0.39 is 10.0 Å². The Morgan fingerprint density at radius 3 is 2.41 bits per heavy atom. The Morgan fingerprint density at radius 2 is 1.77 bits per heavy atom. The van der Waals surface area contributed by atoms with E-state index in [4.69, 9.17) is 0 Å². The molecule has 118 valence electrons. The lowest BCUT2D eigenvalue weighted by Crippen LogP contribution is -2.35. The van der Waals surface area contributed by atoms with E-state index in [1.807, 2.05) is 23.6 Å². The summed E-state index contributed by atoms with van der Waals surface area (Å²) >= 11 is 1.72. The highest BCUT2D eigenvalue weighted by atomic mass is 32.2. The smallest absolute Gasteiger partial charge is 0.207 e. The van der Waals surface area contributed by atoms with Gasteiger partial charge in [0.25, 0.3) is 0 Å². The van der Waals surface area contributed by atoms with Gasteiger partial charge >= 0.3 is 0 Å². The molecule has 0 radical (unpaired) electrons. The summed E-state index contributed by atoms with van der Waals surface area (Å²) in [6, 6.07) is 9.35. The van der Waals surface area contributed by atoms with Gasteiger partial charge in [-0.3, -0.25) is 0 Å². The van der Waals surface area contributed by atoms with Crippen molar-refractivity contribution in [2.75, 3.05) is 6.54 Å². The quantitative estimate of drug-likeness (QED) is 0.837. The third-order valence-corrected chi connectivity index (χ3v) is 7.01. The van der Waals surface area contributed by atoms with E-state index in [2.05, 4.69) is 20.8 Å². The van der Waals surface area contributed by atoms with Crippen LogP contribution >= 0.6 is 11.3 Å². The maximum absolute atomic E-state index is 12.8. The molecule has 0 aliphatic carbocycles. The Labute approximate surface area is 136 Å². The summed E-state index contributed by atoms with van der Waals surface area (Å²) in [5.41, 5.74) is 2.32. The maximum Gasteiger partial charge on any atom is 0.243 e. The van der Waals surface area contributed by atoms with E-state index in [9.17, 15) is 8.42 Å². The van der Waals surface area contributed by atoms with Crippen LogP contribution in [0.2, 0.25) is 0 Å². The molecular weight excluding hydrogens is 314 g/mol. The Balaban J connectivity index is 1.88. The molecule has 0 fully saturated rings. The Kier molecular flexibility index (Phi) is 3.91. The van der Waals surface area contributed by atoms with E-state index in [1.54, 1.807) is 27.8 Å². The van der Waals surface area contributed by atoms with Crippen molar-refractivity contribution in [3.8, 4) is 0 Å². The third kappa shape index (κ3) is 2.85. The molecule has 2 aromatic rings. The van der Waals surface area contributed by atoms with Crippen molar-refractivity contribution >= 4 is 21.4 Å². The van der Waals surface area contributed by atoms with E-state index in [0.29, 0.717) is 18.0 Å². The molecule has 0 atom stereocenters. The number of benzene rings is 1. The maximum atomic E-state index is 12.8. The first-order valence-corrected chi connectivity index (χ1v) is 9.76. The molecular formula is C17H21NO2S2. The van der Waals surface area contributed by atoms with Gasteiger partial charge < -0.3 is 0 Å². The molecule has 1 aromatic carbocycles. The SMILES string of the molecule is CC(C)(C)c1ccc(S(=O)(=O)N2CCc3sccc3C2)cc1. The molecule has 3 rings (SSSR count). The molecule has 0 N–H and O–H groups in total. The fourth-order valence-corrected chi connectivity index (χ4v) is 5.01. The zero-order chi connectivity index (χ0) is 16.0. The van der Waals surface area contributed by atoms with Crippen LogP contribution in [-0.2, 0) is 28.4 Å². The van der Waals surface area contributed by atoms with E-state index in [-0.39, 0.29) is 5.41 Å². The average Bonchev–Trinajstić information content (AvgIpc) is 2.94. The highest BCUT2D eigenvalue weighted by Crippen LogP contribution is 2.29. The van der Waals surface area contributed by atoms with Crippen molar-refractivity contribution < 1.29 is 8.42 Å². The van der Waals surface area contributed by atoms with Gasteiger partial charge in [0.1, 0.15) is 0 Å². The minimum atomic E-state index is -3.41. The van der Waals surface area contributed by atoms with Crippen LogP contribution in [0, 0.1) is 0 Å². The second kappa shape index (κ2) is 5.48. The predicted molar refractivity (Wildman–Crippen MR) is 90.8 cm³/mol. The highest BCUT2D eigenvalue weighted by molar-refractivity contribution is 7.89. The lowest BCUT2D eigenvalue weighted by atomic mass is 9.87. The summed E-state index contributed by atoms with van der Waals surface area (Å²) in [5.74, 6) is 0. The van der Waals surface area contributed by atoms with Gasteiger partial charge in [-0.15, -0.1) is 11.3 Å². The summed E-state index contributed by atoms with van der Waals surface area (Å²) in [6.07, 6.45) is 0.812. The fraction of sp³-hybridized carbons (Fsp3) is 0.412. The molecule has 3 nitrogen and oxygen atoms in total. The summed E-state index contributed by atoms with van der Waals surface area (Å²) in [5, 5.41) is 2.04. The summed E-state index contributed by atoms with van der Waals surface area (Å²) < 4.78 is 27.2. The molecule has 2 heterocycles. The second-order valence-electron chi connectivity index (χ2n) is 6.73. The third-order valence-electron chi connectivity index (χ3n) is 4.13. The highest BCUT2D eigenvalue weighted by Gasteiger charge is 2.29. The normalized spacial score (nSPS) is 16.5. The predicted octanol–water partition coefficient (Wildman–Crippen LogP) is 3.79. The van der Waals surface area contributed by atoms with Gasteiger partial charge in [-0.1, -0.05) is 32.9 Å². The van der Waals surface area contributed by atoms with Crippen LogP contribution in [0.5, 0.6) is 0 Å². The van der Waals surface area contributed by atoms with Gasteiger partial charge in [0.05, 0.1) is 4.90 Å². The first-order chi connectivity index (χ1) is 10.3. The van der Waals surface area contributed by atoms with Crippen LogP contribution in [0.4, 0.5) is 0 Å². The minimum absolute atomic E-state index is 0.0268. The molecule has 22 heavy (non-hydrogen) atoms. The number of rotatable bonds is 2. The van der Waals surface area contributed by atoms with Crippen molar-refractivity contribution in [3.63, 3.8) is 0 Å². The van der Waals surface area contributed by atoms with Crippen molar-refractivity contribution in [3.05, 3.63) is 51.7 Å². The molecule has 0 amide bonds. The van der Waals surface area contributed by atoms with Gasteiger partial charge in [0.15, 0.2) is 0 Å². The summed E-state index contributed by atoms with van der Waals surface area (Å²) in [6.45, 7) is 7.43. The van der Waals surface area contributed by atoms with Crippen molar-refractivity contribution in [2.24, 2.45) is 0 Å². The molecule has 5 heteroatoms. The Bertz CT molecular complexity index is 768. The first-order valence-electron chi connectivity index (χ1n) is 7.44. The number of sulfonamides is 1. The van der Waals surface area contributed by atoms with Crippen LogP contribution in [0.3, 0.4) is 0 Å². The average molecular weight is 335 g/mol. The summed E-state index contributed by atoms with van der Waals surface area (Å²) in [7, 11) is -3.41. The fourth-order valence-electron chi connectivity index (χ4n) is 2.70. The Morgan fingerprint density at radius 1 is 1.09 bits per heavy atom. The molecule has 1 aromatic heterocycles. The Hall–Kier alpha value is -1.17. The molecule has 1 aliphatic rings. The number of fused-ring (bicyclic) bond motifs is 1. The molecule has 0 bridgehead atoms. The van der Waals surface area contributed by atoms with Crippen LogP contribution in [0.25, 0.3) is 0 Å². The number of hydrogen-bond acceptors (Lipinski definition) is 3. The minimum Gasteiger partial charge on any atom is -0.207 e. The van der Waals surface area contributed by atoms with Gasteiger partial charge in [-0.25, -0.2) is 8.42 Å². The molecule has 0 saturated carbocycles. The van der Waals surface area contributed by atoms with Gasteiger partial charge in [-0.05, 0) is 46.5 Å². The van der Waals surface area contributed by atoms with E-state index in [1.165, 1.54) is 4.88 Å². The van der Waals surface area contributed by atoms with Crippen molar-refractivity contribution in [2.45, 2.75) is 44.0 Å². The standard InChI is InChI=1S/C17H21NO2S2/c1-17(2,3)14-4-6-15(7-5-14)22(19,20)18-10-8-16-13(12-18)9-11-21-16/h4-7,9,11H,8,10,12H2,1-3H3. The number of hydrogen-bond donors (Lipinski definition) is 0. The number of nitrogens with zero attached hydrogens (tertiary/aromatic N) is 1. The van der Waals surface area contributed by atoms with Crippen LogP contribution in [0.1, 0.15) is 36.8 Å². The largest absolute Gasteiger partial charge is 0.243 e. The van der Waals surface area contributed by atoms with Crippen LogP contribution < -0.4 is 0 Å². The van der Waals surface area contributed by atoms with Crippen molar-refractivity contribution in [1.82, 2.24) is 4.31 Å². The van der Waals surface area contributed by atoms with Crippen LogP contribution in [0.15, 0.2) is 40.6 Å². The molecule has 0 unspecified atom stereocenters. The second-order valence-corrected chi connectivity index (χ2v) is 9.67. The molecule has 1 aliphatic heterocycles. The monoisotopic (exact) mass is 335 g/mol. The van der Waals surface area contributed by atoms with Gasteiger partial charge in [-0.2, -0.15) is 4.31 Å². The van der Waals surface area contributed by atoms with Crippen molar-refractivity contribution in [1.29, 1.82) is 0 Å². The lowest BCUT2D eigenvalue weighted by molar-refractivity contribution is 0.394. The molecule has 0 saturated heterocycles. The number of thiophene rings is 1. The first kappa shape index (κ1) is 15.7. The summed E-state index contributed by atoms with van der Waals surface area (Å²) in [4.78, 5) is 1.70. The zero-order valence-electron chi connectivity index (χ0n) is 13.2. The van der Waals surface area contributed by atoms with E-state index in [0.717, 1.165) is 17.5 Å². The van der Waals surface area contributed by atoms with Gasteiger partial charge in [0, 0.05) is 18.0 Å². The molecule has 0 spiro atoms.